The SMILES string of the molecule is C=CCn1c(=O)c(C(=O)NCc2ccc(F)cc2)c(O)c2cc(OC)c(OC)cc21. The number of ether oxygens (including phenoxy) is 2. The molecular weight excluding hydrogens is 391 g/mol. The third kappa shape index (κ3) is 3.84. The fourth-order valence-corrected chi connectivity index (χ4v) is 3.15. The number of fused-ring (bicyclic) bond motifs is 1. The second-order valence-electron chi connectivity index (χ2n) is 6.46. The predicted octanol–water partition coefficient (Wildman–Crippen LogP) is 2.98. The van der Waals surface area contributed by atoms with Crippen molar-refractivity contribution in [2.75, 3.05) is 14.2 Å². The van der Waals surface area contributed by atoms with Gasteiger partial charge in [-0.15, -0.1) is 6.58 Å². The van der Waals surface area contributed by atoms with E-state index in [-0.39, 0.29) is 18.5 Å². The molecule has 1 heterocycles. The molecule has 0 saturated heterocycles. The zero-order valence-electron chi connectivity index (χ0n) is 16.6. The summed E-state index contributed by atoms with van der Waals surface area (Å²) in [6.45, 7) is 3.82. The van der Waals surface area contributed by atoms with Crippen molar-refractivity contribution >= 4 is 16.8 Å². The Morgan fingerprint density at radius 3 is 2.43 bits per heavy atom. The third-order valence-corrected chi connectivity index (χ3v) is 4.65. The first-order valence-electron chi connectivity index (χ1n) is 9.06. The summed E-state index contributed by atoms with van der Waals surface area (Å²) in [5.74, 6) is -0.907. The van der Waals surface area contributed by atoms with Gasteiger partial charge in [0.2, 0.25) is 0 Å². The number of amides is 1. The number of carbonyl (C=O) groups is 1. The highest BCUT2D eigenvalue weighted by molar-refractivity contribution is 6.03. The molecule has 2 N–H and O–H groups in total. The van der Waals surface area contributed by atoms with E-state index in [4.69, 9.17) is 9.47 Å². The lowest BCUT2D eigenvalue weighted by molar-refractivity contribution is 0.0946. The molecule has 156 valence electrons. The molecule has 0 spiro atoms. The molecule has 2 aromatic carbocycles. The first-order chi connectivity index (χ1) is 14.4. The monoisotopic (exact) mass is 412 g/mol. The van der Waals surface area contributed by atoms with Gasteiger partial charge in [0.15, 0.2) is 11.5 Å². The number of rotatable bonds is 7. The van der Waals surface area contributed by atoms with Crippen LogP contribution in [0.25, 0.3) is 10.9 Å². The molecule has 0 aliphatic heterocycles. The van der Waals surface area contributed by atoms with Gasteiger partial charge in [-0.05, 0) is 23.8 Å². The Morgan fingerprint density at radius 2 is 1.83 bits per heavy atom. The summed E-state index contributed by atoms with van der Waals surface area (Å²) in [6.07, 6.45) is 1.51. The van der Waals surface area contributed by atoms with E-state index in [1.165, 1.54) is 55.2 Å². The Morgan fingerprint density at radius 1 is 1.20 bits per heavy atom. The minimum Gasteiger partial charge on any atom is -0.506 e. The zero-order valence-corrected chi connectivity index (χ0v) is 16.6. The molecule has 0 saturated carbocycles. The molecule has 7 nitrogen and oxygen atoms in total. The van der Waals surface area contributed by atoms with E-state index >= 15 is 0 Å². The van der Waals surface area contributed by atoms with Gasteiger partial charge in [-0.25, -0.2) is 4.39 Å². The van der Waals surface area contributed by atoms with E-state index in [9.17, 15) is 19.1 Å². The van der Waals surface area contributed by atoms with Gasteiger partial charge in [-0.1, -0.05) is 18.2 Å². The molecule has 3 rings (SSSR count). The molecule has 1 amide bonds. The highest BCUT2D eigenvalue weighted by Crippen LogP contribution is 2.36. The number of nitrogens with zero attached hydrogens (tertiary/aromatic N) is 1. The lowest BCUT2D eigenvalue weighted by Crippen LogP contribution is -2.33. The van der Waals surface area contributed by atoms with Gasteiger partial charge < -0.3 is 24.5 Å². The number of carbonyl (C=O) groups excluding carboxylic acids is 1. The van der Waals surface area contributed by atoms with Crippen molar-refractivity contribution in [1.82, 2.24) is 9.88 Å². The Kier molecular flexibility index (Phi) is 6.06. The Labute approximate surface area is 172 Å². The summed E-state index contributed by atoms with van der Waals surface area (Å²) in [5.41, 5.74) is -0.0737. The van der Waals surface area contributed by atoms with Crippen LogP contribution in [0.5, 0.6) is 17.2 Å². The number of hydrogen-bond acceptors (Lipinski definition) is 5. The topological polar surface area (TPSA) is 89.8 Å². The standard InChI is InChI=1S/C22H21FN2O5/c1-4-9-25-16-11-18(30-3)17(29-2)10-15(16)20(26)19(22(25)28)21(27)24-12-13-5-7-14(23)8-6-13/h4-8,10-11,26H,1,9,12H2,2-3H3,(H,24,27). The van der Waals surface area contributed by atoms with Crippen LogP contribution in [0.1, 0.15) is 15.9 Å². The predicted molar refractivity (Wildman–Crippen MR) is 111 cm³/mol. The first kappa shape index (κ1) is 20.9. The number of benzene rings is 2. The average Bonchev–Trinajstić information content (AvgIpc) is 2.75. The van der Waals surface area contributed by atoms with Crippen LogP contribution < -0.4 is 20.3 Å². The van der Waals surface area contributed by atoms with E-state index in [2.05, 4.69) is 11.9 Å². The Balaban J connectivity index is 2.11. The minimum atomic E-state index is -0.753. The maximum Gasteiger partial charge on any atom is 0.268 e. The van der Waals surface area contributed by atoms with E-state index in [1.54, 1.807) is 6.07 Å². The first-order valence-corrected chi connectivity index (χ1v) is 9.06. The summed E-state index contributed by atoms with van der Waals surface area (Å²) >= 11 is 0. The smallest absolute Gasteiger partial charge is 0.268 e. The van der Waals surface area contributed by atoms with Crippen molar-refractivity contribution in [1.29, 1.82) is 0 Å². The van der Waals surface area contributed by atoms with Gasteiger partial charge in [-0.2, -0.15) is 0 Å². The van der Waals surface area contributed by atoms with Crippen LogP contribution in [0.15, 0.2) is 53.8 Å². The van der Waals surface area contributed by atoms with Gasteiger partial charge in [0.25, 0.3) is 11.5 Å². The molecule has 0 unspecified atom stereocenters. The number of allylic oxidation sites excluding steroid dienone is 1. The molecule has 1 aromatic heterocycles. The van der Waals surface area contributed by atoms with Crippen molar-refractivity contribution in [2.24, 2.45) is 0 Å². The summed E-state index contributed by atoms with van der Waals surface area (Å²) in [5, 5.41) is 13.6. The maximum absolute atomic E-state index is 13.0. The van der Waals surface area contributed by atoms with Crippen molar-refractivity contribution in [3.8, 4) is 17.2 Å². The van der Waals surface area contributed by atoms with Crippen LogP contribution in [0.4, 0.5) is 4.39 Å². The van der Waals surface area contributed by atoms with Gasteiger partial charge >= 0.3 is 0 Å². The van der Waals surface area contributed by atoms with Crippen LogP contribution in [0.3, 0.4) is 0 Å². The molecule has 0 aliphatic carbocycles. The molecule has 0 bridgehead atoms. The molecule has 0 fully saturated rings. The molecule has 30 heavy (non-hydrogen) atoms. The minimum absolute atomic E-state index is 0.0590. The largest absolute Gasteiger partial charge is 0.506 e. The van der Waals surface area contributed by atoms with Crippen LogP contribution >= 0.6 is 0 Å². The highest BCUT2D eigenvalue weighted by Gasteiger charge is 2.23. The Hall–Kier alpha value is -3.81. The van der Waals surface area contributed by atoms with Crippen molar-refractivity contribution < 1.29 is 23.8 Å². The lowest BCUT2D eigenvalue weighted by atomic mass is 10.1. The van der Waals surface area contributed by atoms with Gasteiger partial charge in [-0.3, -0.25) is 9.59 Å². The van der Waals surface area contributed by atoms with Crippen molar-refractivity contribution in [3.05, 3.63) is 76.4 Å². The van der Waals surface area contributed by atoms with E-state index < -0.39 is 28.6 Å². The molecule has 3 aromatic rings. The maximum atomic E-state index is 13.0. The quantitative estimate of drug-likeness (QED) is 0.583. The van der Waals surface area contributed by atoms with E-state index in [1.807, 2.05) is 0 Å². The summed E-state index contributed by atoms with van der Waals surface area (Å²) in [7, 11) is 2.90. The molecule has 8 heteroatoms. The summed E-state index contributed by atoms with van der Waals surface area (Å²) < 4.78 is 24.9. The zero-order chi connectivity index (χ0) is 21.8. The van der Waals surface area contributed by atoms with Crippen LogP contribution in [0.2, 0.25) is 0 Å². The average molecular weight is 412 g/mol. The number of pyridine rings is 1. The number of aromatic nitrogens is 1. The van der Waals surface area contributed by atoms with Crippen molar-refractivity contribution in [2.45, 2.75) is 13.1 Å². The van der Waals surface area contributed by atoms with Crippen LogP contribution in [-0.2, 0) is 13.1 Å². The highest BCUT2D eigenvalue weighted by atomic mass is 19.1. The lowest BCUT2D eigenvalue weighted by Gasteiger charge is -2.16. The molecule has 0 aliphatic rings. The summed E-state index contributed by atoms with van der Waals surface area (Å²) in [6, 6.07) is 8.63. The molecule has 0 atom stereocenters. The second kappa shape index (κ2) is 8.69. The van der Waals surface area contributed by atoms with E-state index in [0.717, 1.165) is 0 Å². The molecular formula is C22H21FN2O5. The number of methoxy groups -OCH3 is 2. The number of aromatic hydroxyl groups is 1. The third-order valence-electron chi connectivity index (χ3n) is 4.65. The van der Waals surface area contributed by atoms with E-state index in [0.29, 0.717) is 22.6 Å². The summed E-state index contributed by atoms with van der Waals surface area (Å²) in [4.78, 5) is 25.8. The molecule has 0 radical (unpaired) electrons. The number of hydrogen-bond donors (Lipinski definition) is 2. The number of nitrogens with one attached hydrogen (secondary N) is 1. The van der Waals surface area contributed by atoms with Gasteiger partial charge in [0, 0.05) is 24.5 Å². The Bertz CT molecular complexity index is 1170. The number of halogens is 1. The second-order valence-corrected chi connectivity index (χ2v) is 6.46. The fraction of sp³-hybridized carbons (Fsp3) is 0.182. The normalized spacial score (nSPS) is 10.6. The van der Waals surface area contributed by atoms with Crippen molar-refractivity contribution in [3.63, 3.8) is 0 Å². The fourth-order valence-electron chi connectivity index (χ4n) is 3.15. The van der Waals surface area contributed by atoms with Crippen LogP contribution in [0, 0.1) is 5.82 Å². The van der Waals surface area contributed by atoms with Crippen LogP contribution in [-0.4, -0.2) is 29.8 Å². The van der Waals surface area contributed by atoms with Gasteiger partial charge in [0.05, 0.1) is 19.7 Å². The van der Waals surface area contributed by atoms with Gasteiger partial charge in [0.1, 0.15) is 17.1 Å².